The van der Waals surface area contributed by atoms with Gasteiger partial charge in [0.25, 0.3) is 5.91 Å². The molecule has 4 rings (SSSR count). The fraction of sp³-hybridized carbons (Fsp3) is 0.174. The van der Waals surface area contributed by atoms with Gasteiger partial charge in [0.15, 0.2) is 0 Å². The molecule has 0 fully saturated rings. The van der Waals surface area contributed by atoms with Gasteiger partial charge < -0.3 is 25.8 Å². The number of nitrogens with zero attached hydrogens (tertiary/aromatic N) is 2. The number of nitrogens with one attached hydrogen (secondary N) is 2. The van der Waals surface area contributed by atoms with Crippen molar-refractivity contribution in [2.45, 2.75) is 19.1 Å². The third-order valence-corrected chi connectivity index (χ3v) is 4.68. The van der Waals surface area contributed by atoms with Crippen molar-refractivity contribution in [2.75, 3.05) is 23.0 Å². The molecule has 8 nitrogen and oxygen atoms in total. The average Bonchev–Trinajstić information content (AvgIpc) is 3.31. The van der Waals surface area contributed by atoms with Gasteiger partial charge in [-0.1, -0.05) is 12.1 Å². The quantitative estimate of drug-likeness (QED) is 0.513. The Bertz CT molecular complexity index is 1060. The summed E-state index contributed by atoms with van der Waals surface area (Å²) in [6.45, 7) is 0.982. The molecule has 1 atom stereocenters. The second-order valence-corrected chi connectivity index (χ2v) is 7.00. The first-order chi connectivity index (χ1) is 15.2. The van der Waals surface area contributed by atoms with Gasteiger partial charge in [0.05, 0.1) is 18.1 Å². The summed E-state index contributed by atoms with van der Waals surface area (Å²) in [5.74, 6) is 0.740. The number of ether oxygens (including phenoxy) is 2. The predicted molar refractivity (Wildman–Crippen MR) is 119 cm³/mol. The molecule has 0 saturated heterocycles. The first-order valence-electron chi connectivity index (χ1n) is 9.91. The lowest BCUT2D eigenvalue weighted by Crippen LogP contribution is -2.17. The molecule has 0 saturated carbocycles. The van der Waals surface area contributed by atoms with Crippen molar-refractivity contribution in [3.05, 3.63) is 84.5 Å². The molecular formula is C23H23N5O3. The Balaban J connectivity index is 1.31. The van der Waals surface area contributed by atoms with E-state index in [-0.39, 0.29) is 12.0 Å². The SMILES string of the molecule is Nc1ncccc1NCc1cccc(NC(=O)c2ccc(OCC3CC=CO3)cn2)c1. The van der Waals surface area contributed by atoms with Crippen LogP contribution in [0.2, 0.25) is 0 Å². The number of aromatic nitrogens is 2. The number of amides is 1. The number of anilines is 3. The zero-order valence-corrected chi connectivity index (χ0v) is 16.8. The van der Waals surface area contributed by atoms with Gasteiger partial charge >= 0.3 is 0 Å². The van der Waals surface area contributed by atoms with E-state index in [0.29, 0.717) is 36.1 Å². The fourth-order valence-electron chi connectivity index (χ4n) is 3.04. The van der Waals surface area contributed by atoms with Gasteiger partial charge in [-0.15, -0.1) is 0 Å². The van der Waals surface area contributed by atoms with E-state index in [9.17, 15) is 4.79 Å². The first-order valence-corrected chi connectivity index (χ1v) is 9.91. The van der Waals surface area contributed by atoms with Gasteiger partial charge in [-0.25, -0.2) is 9.97 Å². The molecule has 1 aliphatic heterocycles. The second-order valence-electron chi connectivity index (χ2n) is 7.00. The van der Waals surface area contributed by atoms with Gasteiger partial charge in [-0.3, -0.25) is 4.79 Å². The van der Waals surface area contributed by atoms with Crippen molar-refractivity contribution < 1.29 is 14.3 Å². The van der Waals surface area contributed by atoms with Crippen molar-refractivity contribution in [3.63, 3.8) is 0 Å². The highest BCUT2D eigenvalue weighted by atomic mass is 16.5. The lowest BCUT2D eigenvalue weighted by atomic mass is 10.2. The number of rotatable bonds is 8. The van der Waals surface area contributed by atoms with Crippen LogP contribution in [0.5, 0.6) is 5.75 Å². The number of carbonyl (C=O) groups is 1. The summed E-state index contributed by atoms with van der Waals surface area (Å²) in [5.41, 5.74) is 8.58. The molecule has 3 heterocycles. The van der Waals surface area contributed by atoms with Crippen LogP contribution < -0.4 is 21.1 Å². The summed E-state index contributed by atoms with van der Waals surface area (Å²) in [6.07, 6.45) is 7.68. The van der Waals surface area contributed by atoms with Gasteiger partial charge in [0, 0.05) is 24.8 Å². The zero-order chi connectivity index (χ0) is 21.5. The molecule has 1 unspecified atom stereocenters. The molecular weight excluding hydrogens is 394 g/mol. The average molecular weight is 417 g/mol. The minimum atomic E-state index is -0.295. The van der Waals surface area contributed by atoms with E-state index in [4.69, 9.17) is 15.2 Å². The van der Waals surface area contributed by atoms with E-state index >= 15 is 0 Å². The van der Waals surface area contributed by atoms with E-state index in [1.54, 1.807) is 24.6 Å². The summed E-state index contributed by atoms with van der Waals surface area (Å²) in [7, 11) is 0. The molecule has 3 aromatic rings. The highest BCUT2D eigenvalue weighted by Gasteiger charge is 2.13. The largest absolute Gasteiger partial charge is 0.494 e. The molecule has 4 N–H and O–H groups in total. The molecule has 0 radical (unpaired) electrons. The standard InChI is InChI=1S/C23H23N5O3/c24-22-20(7-2-10-25-22)26-13-16-4-1-5-17(12-16)28-23(29)21-9-8-18(14-27-21)31-15-19-6-3-11-30-19/h1-5,7-12,14,19,26H,6,13,15H2,(H2,24,25)(H,28,29). The van der Waals surface area contributed by atoms with E-state index < -0.39 is 0 Å². The van der Waals surface area contributed by atoms with Crippen molar-refractivity contribution in [1.29, 1.82) is 0 Å². The number of hydrogen-bond acceptors (Lipinski definition) is 7. The van der Waals surface area contributed by atoms with Crippen molar-refractivity contribution >= 4 is 23.1 Å². The summed E-state index contributed by atoms with van der Waals surface area (Å²) in [4.78, 5) is 20.8. The Kier molecular flexibility index (Phi) is 6.27. The maximum atomic E-state index is 12.5. The molecule has 1 aromatic carbocycles. The molecule has 0 aliphatic carbocycles. The molecule has 1 aliphatic rings. The van der Waals surface area contributed by atoms with Crippen molar-refractivity contribution in [3.8, 4) is 5.75 Å². The number of pyridine rings is 2. The lowest BCUT2D eigenvalue weighted by Gasteiger charge is -2.12. The summed E-state index contributed by atoms with van der Waals surface area (Å²) in [5, 5.41) is 6.11. The first kappa shape index (κ1) is 20.2. The molecule has 0 bridgehead atoms. The molecule has 2 aromatic heterocycles. The van der Waals surface area contributed by atoms with Crippen LogP contribution in [0.4, 0.5) is 17.2 Å². The van der Waals surface area contributed by atoms with E-state index in [2.05, 4.69) is 20.6 Å². The molecule has 8 heteroatoms. The van der Waals surface area contributed by atoms with E-state index in [1.165, 1.54) is 6.20 Å². The topological polar surface area (TPSA) is 111 Å². The van der Waals surface area contributed by atoms with Crippen LogP contribution in [0.25, 0.3) is 0 Å². The third kappa shape index (κ3) is 5.51. The monoisotopic (exact) mass is 417 g/mol. The lowest BCUT2D eigenvalue weighted by molar-refractivity contribution is 0.102. The number of benzene rings is 1. The van der Waals surface area contributed by atoms with E-state index in [1.807, 2.05) is 42.5 Å². The van der Waals surface area contributed by atoms with Crippen molar-refractivity contribution in [1.82, 2.24) is 9.97 Å². The maximum absolute atomic E-state index is 12.5. The number of nitrogens with two attached hydrogens (primary N) is 1. The Morgan fingerprint density at radius 1 is 1.19 bits per heavy atom. The Labute approximate surface area is 180 Å². The highest BCUT2D eigenvalue weighted by molar-refractivity contribution is 6.02. The fourth-order valence-corrected chi connectivity index (χ4v) is 3.04. The number of nitrogen functional groups attached to an aromatic ring is 1. The molecule has 158 valence electrons. The molecule has 0 spiro atoms. The molecule has 31 heavy (non-hydrogen) atoms. The number of carbonyl (C=O) groups excluding carboxylic acids is 1. The molecule has 1 amide bonds. The highest BCUT2D eigenvalue weighted by Crippen LogP contribution is 2.18. The Morgan fingerprint density at radius 3 is 2.90 bits per heavy atom. The predicted octanol–water partition coefficient (Wildman–Crippen LogP) is 3.60. The van der Waals surface area contributed by atoms with Crippen LogP contribution in [0.1, 0.15) is 22.5 Å². The van der Waals surface area contributed by atoms with Crippen molar-refractivity contribution in [2.24, 2.45) is 0 Å². The van der Waals surface area contributed by atoms with Gasteiger partial charge in [0.1, 0.15) is 30.0 Å². The van der Waals surface area contributed by atoms with Crippen LogP contribution in [0, 0.1) is 0 Å². The summed E-state index contributed by atoms with van der Waals surface area (Å²) in [6, 6.07) is 14.6. The van der Waals surface area contributed by atoms with Crippen LogP contribution in [0.3, 0.4) is 0 Å². The Morgan fingerprint density at radius 2 is 2.13 bits per heavy atom. The minimum Gasteiger partial charge on any atom is -0.494 e. The van der Waals surface area contributed by atoms with Crippen LogP contribution in [-0.2, 0) is 11.3 Å². The van der Waals surface area contributed by atoms with Crippen LogP contribution >= 0.6 is 0 Å². The maximum Gasteiger partial charge on any atom is 0.274 e. The van der Waals surface area contributed by atoms with Gasteiger partial charge in [0.2, 0.25) is 0 Å². The zero-order valence-electron chi connectivity index (χ0n) is 16.8. The third-order valence-electron chi connectivity index (χ3n) is 4.68. The second kappa shape index (κ2) is 9.62. The normalized spacial score (nSPS) is 14.6. The minimum absolute atomic E-state index is 0.0272. The summed E-state index contributed by atoms with van der Waals surface area (Å²) >= 11 is 0. The summed E-state index contributed by atoms with van der Waals surface area (Å²) < 4.78 is 11.0. The van der Waals surface area contributed by atoms with Crippen LogP contribution in [-0.4, -0.2) is 28.6 Å². The van der Waals surface area contributed by atoms with Gasteiger partial charge in [-0.2, -0.15) is 0 Å². The van der Waals surface area contributed by atoms with E-state index in [0.717, 1.165) is 17.7 Å². The Hall–Kier alpha value is -4.07. The smallest absolute Gasteiger partial charge is 0.274 e. The number of hydrogen-bond donors (Lipinski definition) is 3. The van der Waals surface area contributed by atoms with Crippen LogP contribution in [0.15, 0.2) is 73.3 Å². The van der Waals surface area contributed by atoms with Gasteiger partial charge in [-0.05, 0) is 48.0 Å².